The Morgan fingerprint density at radius 2 is 1.77 bits per heavy atom. The number of hydrogen-bond acceptors (Lipinski definition) is 5. The van der Waals surface area contributed by atoms with E-state index in [2.05, 4.69) is 20.6 Å². The monoisotopic (exact) mass is 368 g/mol. The molecule has 1 amide bonds. The lowest BCUT2D eigenvalue weighted by atomic mass is 10.2. The van der Waals surface area contributed by atoms with Crippen LogP contribution in [0.15, 0.2) is 60.9 Å². The van der Waals surface area contributed by atoms with Crippen molar-refractivity contribution in [3.05, 3.63) is 71.5 Å². The van der Waals surface area contributed by atoms with Crippen LogP contribution >= 0.6 is 11.6 Å². The summed E-state index contributed by atoms with van der Waals surface area (Å²) >= 11 is 6.04. The van der Waals surface area contributed by atoms with Crippen molar-refractivity contribution in [3.8, 4) is 5.75 Å². The molecular weight excluding hydrogens is 352 g/mol. The Labute approximate surface area is 156 Å². The van der Waals surface area contributed by atoms with Crippen molar-refractivity contribution in [3.63, 3.8) is 0 Å². The molecule has 1 heterocycles. The first-order chi connectivity index (χ1) is 12.7. The molecule has 0 bridgehead atoms. The van der Waals surface area contributed by atoms with Crippen molar-refractivity contribution >= 4 is 34.8 Å². The Morgan fingerprint density at radius 3 is 2.42 bits per heavy atom. The van der Waals surface area contributed by atoms with Crippen LogP contribution in [0.2, 0.25) is 5.02 Å². The van der Waals surface area contributed by atoms with Crippen molar-refractivity contribution < 1.29 is 9.53 Å². The Hall–Kier alpha value is -3.12. The summed E-state index contributed by atoms with van der Waals surface area (Å²) in [6.07, 6.45) is 2.91. The summed E-state index contributed by atoms with van der Waals surface area (Å²) in [6.45, 7) is 2.55. The van der Waals surface area contributed by atoms with Crippen LogP contribution in [0.5, 0.6) is 5.75 Å². The van der Waals surface area contributed by atoms with E-state index in [-0.39, 0.29) is 5.91 Å². The van der Waals surface area contributed by atoms with E-state index in [1.54, 1.807) is 24.3 Å². The van der Waals surface area contributed by atoms with Crippen molar-refractivity contribution in [1.29, 1.82) is 0 Å². The molecule has 132 valence electrons. The number of carbonyl (C=O) groups excluding carboxylic acids is 1. The molecule has 0 saturated heterocycles. The molecule has 7 heteroatoms. The van der Waals surface area contributed by atoms with Crippen LogP contribution in [-0.2, 0) is 0 Å². The average molecular weight is 369 g/mol. The number of para-hydroxylation sites is 1. The molecular formula is C19H17ClN4O2. The highest BCUT2D eigenvalue weighted by molar-refractivity contribution is 6.33. The molecule has 0 aliphatic rings. The highest BCUT2D eigenvalue weighted by atomic mass is 35.5. The van der Waals surface area contributed by atoms with Gasteiger partial charge in [0.2, 0.25) is 5.95 Å². The van der Waals surface area contributed by atoms with E-state index < -0.39 is 0 Å². The Kier molecular flexibility index (Phi) is 5.66. The number of halogens is 1. The Bertz CT molecular complexity index is 883. The first-order valence-electron chi connectivity index (χ1n) is 8.03. The first kappa shape index (κ1) is 17.7. The molecule has 2 N–H and O–H groups in total. The maximum atomic E-state index is 12.3. The van der Waals surface area contributed by atoms with E-state index in [1.165, 1.54) is 12.4 Å². The van der Waals surface area contributed by atoms with E-state index >= 15 is 0 Å². The summed E-state index contributed by atoms with van der Waals surface area (Å²) in [6, 6.07) is 14.5. The summed E-state index contributed by atoms with van der Waals surface area (Å²) in [5.41, 5.74) is 1.69. The Morgan fingerprint density at radius 1 is 1.08 bits per heavy atom. The molecule has 2 aromatic carbocycles. The SMILES string of the molecule is CCOc1ccc(Nc2ncc(C(=O)Nc3ccccc3Cl)cn2)cc1. The van der Waals surface area contributed by atoms with Crippen molar-refractivity contribution in [2.45, 2.75) is 6.92 Å². The fourth-order valence-corrected chi connectivity index (χ4v) is 2.38. The van der Waals surface area contributed by atoms with Gasteiger partial charge in [0.25, 0.3) is 5.91 Å². The maximum Gasteiger partial charge on any atom is 0.258 e. The number of carbonyl (C=O) groups is 1. The molecule has 0 aliphatic carbocycles. The molecule has 0 radical (unpaired) electrons. The van der Waals surface area contributed by atoms with Gasteiger partial charge in [0.15, 0.2) is 0 Å². The second kappa shape index (κ2) is 8.31. The van der Waals surface area contributed by atoms with E-state index in [1.807, 2.05) is 31.2 Å². The third-order valence-electron chi connectivity index (χ3n) is 3.46. The fraction of sp³-hybridized carbons (Fsp3) is 0.105. The average Bonchev–Trinajstić information content (AvgIpc) is 2.66. The number of anilines is 3. The molecule has 6 nitrogen and oxygen atoms in total. The van der Waals surface area contributed by atoms with E-state index in [0.717, 1.165) is 11.4 Å². The third kappa shape index (κ3) is 4.49. The third-order valence-corrected chi connectivity index (χ3v) is 3.79. The number of aromatic nitrogens is 2. The largest absolute Gasteiger partial charge is 0.494 e. The van der Waals surface area contributed by atoms with Gasteiger partial charge in [0.05, 0.1) is 22.9 Å². The molecule has 1 aromatic heterocycles. The number of nitrogens with zero attached hydrogens (tertiary/aromatic N) is 2. The van der Waals surface area contributed by atoms with Crippen LogP contribution in [-0.4, -0.2) is 22.5 Å². The van der Waals surface area contributed by atoms with Gasteiger partial charge in [-0.05, 0) is 43.3 Å². The lowest BCUT2D eigenvalue weighted by Crippen LogP contribution is -2.13. The van der Waals surface area contributed by atoms with Gasteiger partial charge in [-0.3, -0.25) is 4.79 Å². The smallest absolute Gasteiger partial charge is 0.258 e. The number of ether oxygens (including phenoxy) is 1. The molecule has 3 rings (SSSR count). The van der Waals surface area contributed by atoms with Crippen LogP contribution in [0.3, 0.4) is 0 Å². The Balaban J connectivity index is 1.64. The summed E-state index contributed by atoms with van der Waals surface area (Å²) in [5.74, 6) is 0.861. The quantitative estimate of drug-likeness (QED) is 0.668. The van der Waals surface area contributed by atoms with E-state index in [9.17, 15) is 4.79 Å². The standard InChI is InChI=1S/C19H17ClN4O2/c1-2-26-15-9-7-14(8-10-15)23-19-21-11-13(12-22-19)18(25)24-17-6-4-3-5-16(17)20/h3-12H,2H2,1H3,(H,24,25)(H,21,22,23). The first-order valence-corrected chi connectivity index (χ1v) is 8.41. The predicted molar refractivity (Wildman–Crippen MR) is 102 cm³/mol. The van der Waals surface area contributed by atoms with Crippen LogP contribution < -0.4 is 15.4 Å². The lowest BCUT2D eigenvalue weighted by molar-refractivity contribution is 0.102. The minimum atomic E-state index is -0.328. The fourth-order valence-electron chi connectivity index (χ4n) is 2.20. The zero-order chi connectivity index (χ0) is 18.4. The molecule has 0 aliphatic heterocycles. The minimum absolute atomic E-state index is 0.328. The lowest BCUT2D eigenvalue weighted by Gasteiger charge is -2.08. The van der Waals surface area contributed by atoms with E-state index in [0.29, 0.717) is 28.8 Å². The number of benzene rings is 2. The normalized spacial score (nSPS) is 10.2. The summed E-state index contributed by atoms with van der Waals surface area (Å²) in [7, 11) is 0. The molecule has 0 atom stereocenters. The highest BCUT2D eigenvalue weighted by Gasteiger charge is 2.09. The minimum Gasteiger partial charge on any atom is -0.494 e. The zero-order valence-electron chi connectivity index (χ0n) is 14.1. The second-order valence-electron chi connectivity index (χ2n) is 5.31. The molecule has 26 heavy (non-hydrogen) atoms. The van der Waals surface area contributed by atoms with Gasteiger partial charge in [0.1, 0.15) is 5.75 Å². The molecule has 0 fully saturated rings. The van der Waals surface area contributed by atoms with Crippen molar-refractivity contribution in [2.75, 3.05) is 17.2 Å². The van der Waals surface area contributed by atoms with Gasteiger partial charge in [-0.15, -0.1) is 0 Å². The number of nitrogens with one attached hydrogen (secondary N) is 2. The van der Waals surface area contributed by atoms with Crippen molar-refractivity contribution in [2.24, 2.45) is 0 Å². The van der Waals surface area contributed by atoms with Gasteiger partial charge < -0.3 is 15.4 Å². The molecule has 0 unspecified atom stereocenters. The van der Waals surface area contributed by atoms with Gasteiger partial charge in [-0.2, -0.15) is 0 Å². The van der Waals surface area contributed by atoms with E-state index in [4.69, 9.17) is 16.3 Å². The van der Waals surface area contributed by atoms with Crippen LogP contribution in [0.1, 0.15) is 17.3 Å². The summed E-state index contributed by atoms with van der Waals surface area (Å²) in [4.78, 5) is 20.6. The molecule has 3 aromatic rings. The number of amides is 1. The molecule has 0 spiro atoms. The maximum absolute atomic E-state index is 12.3. The van der Waals surface area contributed by atoms with Gasteiger partial charge in [-0.1, -0.05) is 23.7 Å². The van der Waals surface area contributed by atoms with Crippen LogP contribution in [0.4, 0.5) is 17.3 Å². The topological polar surface area (TPSA) is 76.1 Å². The zero-order valence-corrected chi connectivity index (χ0v) is 14.8. The summed E-state index contributed by atoms with van der Waals surface area (Å²) in [5, 5.41) is 6.26. The number of rotatable bonds is 6. The van der Waals surface area contributed by atoms with Crippen LogP contribution in [0, 0.1) is 0 Å². The highest BCUT2D eigenvalue weighted by Crippen LogP contribution is 2.21. The summed E-state index contributed by atoms with van der Waals surface area (Å²) < 4.78 is 5.40. The number of hydrogen-bond donors (Lipinski definition) is 2. The van der Waals surface area contributed by atoms with Gasteiger partial charge in [-0.25, -0.2) is 9.97 Å². The molecule has 0 saturated carbocycles. The van der Waals surface area contributed by atoms with Crippen molar-refractivity contribution in [1.82, 2.24) is 9.97 Å². The van der Waals surface area contributed by atoms with Crippen LogP contribution in [0.25, 0.3) is 0 Å². The second-order valence-corrected chi connectivity index (χ2v) is 5.72. The van der Waals surface area contributed by atoms with Gasteiger partial charge in [0, 0.05) is 18.1 Å². The predicted octanol–water partition coefficient (Wildman–Crippen LogP) is 4.52. The van der Waals surface area contributed by atoms with Gasteiger partial charge >= 0.3 is 0 Å².